The molecule has 0 saturated carbocycles. The number of amides is 3. The summed E-state index contributed by atoms with van der Waals surface area (Å²) in [4.78, 5) is 43.1. The molecule has 7 nitrogen and oxygen atoms in total. The second kappa shape index (κ2) is 13.9. The Morgan fingerprint density at radius 1 is 0.952 bits per heavy atom. The Morgan fingerprint density at radius 3 is 2.26 bits per heavy atom. The standard InChI is InChI=1S/C34H43N3O4S/c1-9-23-13-12-16-26(21-23)29(30(38)35-27-18-17-24-14-10-11-15-25(24)22-27)37(33(2,3)4)31(39)28(19-20-42-8)36-32(40)41-34(5,6)7/h9-18,21-22,28-29H,1,19-20H2,2-8H3,(H,35,38)(H,36,40). The van der Waals surface area contributed by atoms with Crippen molar-refractivity contribution in [1.82, 2.24) is 10.2 Å². The molecule has 0 saturated heterocycles. The molecule has 0 heterocycles. The van der Waals surface area contributed by atoms with E-state index < -0.39 is 29.3 Å². The van der Waals surface area contributed by atoms with Gasteiger partial charge < -0.3 is 20.3 Å². The Morgan fingerprint density at radius 2 is 1.64 bits per heavy atom. The number of alkyl carbamates (subject to hydrolysis) is 1. The number of benzene rings is 3. The summed E-state index contributed by atoms with van der Waals surface area (Å²) in [6, 6.07) is 19.2. The molecule has 0 spiro atoms. The summed E-state index contributed by atoms with van der Waals surface area (Å²) < 4.78 is 5.48. The average Bonchev–Trinajstić information content (AvgIpc) is 2.91. The zero-order valence-corrected chi connectivity index (χ0v) is 26.5. The molecule has 0 aromatic heterocycles. The fourth-order valence-electron chi connectivity index (χ4n) is 4.71. The number of carbonyl (C=O) groups is 3. The zero-order chi connectivity index (χ0) is 31.1. The van der Waals surface area contributed by atoms with E-state index in [4.69, 9.17) is 4.74 Å². The Hall–Kier alpha value is -3.78. The number of hydrogen-bond donors (Lipinski definition) is 2. The summed E-state index contributed by atoms with van der Waals surface area (Å²) in [5.41, 5.74) is 0.558. The van der Waals surface area contributed by atoms with Gasteiger partial charge in [0.25, 0.3) is 5.91 Å². The first-order chi connectivity index (χ1) is 19.7. The summed E-state index contributed by atoms with van der Waals surface area (Å²) in [5, 5.41) is 7.89. The summed E-state index contributed by atoms with van der Waals surface area (Å²) in [7, 11) is 0. The third-order valence-corrected chi connectivity index (χ3v) is 7.19. The summed E-state index contributed by atoms with van der Waals surface area (Å²) in [5.74, 6) is -0.106. The van der Waals surface area contributed by atoms with Crippen LogP contribution in [0.15, 0.2) is 73.3 Å². The third-order valence-electron chi connectivity index (χ3n) is 6.55. The minimum atomic E-state index is -0.999. The summed E-state index contributed by atoms with van der Waals surface area (Å²) >= 11 is 1.57. The largest absolute Gasteiger partial charge is 0.444 e. The lowest BCUT2D eigenvalue weighted by atomic mass is 9.94. The van der Waals surface area contributed by atoms with Gasteiger partial charge in [-0.05, 0) is 100 Å². The second-order valence-electron chi connectivity index (χ2n) is 12.2. The molecule has 2 N–H and O–H groups in total. The van der Waals surface area contributed by atoms with Crippen LogP contribution >= 0.6 is 11.8 Å². The minimum Gasteiger partial charge on any atom is -0.444 e. The fourth-order valence-corrected chi connectivity index (χ4v) is 5.18. The van der Waals surface area contributed by atoms with Gasteiger partial charge in [0.2, 0.25) is 5.91 Å². The van der Waals surface area contributed by atoms with Crippen molar-refractivity contribution >= 4 is 52.2 Å². The molecule has 0 aliphatic rings. The van der Waals surface area contributed by atoms with E-state index in [1.807, 2.05) is 93.8 Å². The maximum absolute atomic E-state index is 14.4. The zero-order valence-electron chi connectivity index (χ0n) is 25.7. The van der Waals surface area contributed by atoms with Crippen molar-refractivity contribution in [1.29, 1.82) is 0 Å². The molecule has 8 heteroatoms. The smallest absolute Gasteiger partial charge is 0.408 e. The quantitative estimate of drug-likeness (QED) is 0.257. The van der Waals surface area contributed by atoms with Gasteiger partial charge in [-0.2, -0.15) is 11.8 Å². The van der Waals surface area contributed by atoms with E-state index in [-0.39, 0.29) is 11.8 Å². The number of nitrogens with one attached hydrogen (secondary N) is 2. The van der Waals surface area contributed by atoms with Crippen LogP contribution in [0.3, 0.4) is 0 Å². The van der Waals surface area contributed by atoms with E-state index in [0.29, 0.717) is 23.4 Å². The van der Waals surface area contributed by atoms with Crippen molar-refractivity contribution in [3.8, 4) is 0 Å². The van der Waals surface area contributed by atoms with Crippen LogP contribution in [0.1, 0.15) is 65.1 Å². The second-order valence-corrected chi connectivity index (χ2v) is 13.2. The van der Waals surface area contributed by atoms with Crippen molar-refractivity contribution in [2.45, 2.75) is 71.2 Å². The number of thioether (sulfide) groups is 1. The van der Waals surface area contributed by atoms with Gasteiger partial charge in [-0.3, -0.25) is 9.59 Å². The predicted octanol–water partition coefficient (Wildman–Crippen LogP) is 7.44. The van der Waals surface area contributed by atoms with Crippen LogP contribution < -0.4 is 10.6 Å². The first kappa shape index (κ1) is 32.7. The normalized spacial score (nSPS) is 13.1. The van der Waals surface area contributed by atoms with Crippen LogP contribution in [0.4, 0.5) is 10.5 Å². The predicted molar refractivity (Wildman–Crippen MR) is 175 cm³/mol. The summed E-state index contributed by atoms with van der Waals surface area (Å²) in [6.45, 7) is 14.9. The SMILES string of the molecule is C=Cc1cccc(C(C(=O)Nc2ccc3ccccc3c2)N(C(=O)C(CCSC)NC(=O)OC(C)(C)C)C(C)(C)C)c1. The molecule has 3 aromatic rings. The lowest BCUT2D eigenvalue weighted by molar-refractivity contribution is -0.146. The van der Waals surface area contributed by atoms with E-state index >= 15 is 0 Å². The van der Waals surface area contributed by atoms with Gasteiger partial charge in [0, 0.05) is 11.2 Å². The lowest BCUT2D eigenvalue weighted by Crippen LogP contribution is -2.58. The number of anilines is 1. The molecule has 3 amide bonds. The first-order valence-corrected chi connectivity index (χ1v) is 15.5. The topological polar surface area (TPSA) is 87.7 Å². The highest BCUT2D eigenvalue weighted by Crippen LogP contribution is 2.32. The van der Waals surface area contributed by atoms with Gasteiger partial charge in [0.1, 0.15) is 17.7 Å². The lowest BCUT2D eigenvalue weighted by Gasteiger charge is -2.43. The van der Waals surface area contributed by atoms with Gasteiger partial charge in [0.05, 0.1) is 0 Å². The molecule has 0 radical (unpaired) electrons. The molecule has 224 valence electrons. The summed E-state index contributed by atoms with van der Waals surface area (Å²) in [6.07, 6.45) is 3.34. The average molecular weight is 590 g/mol. The van der Waals surface area contributed by atoms with Crippen LogP contribution in [0, 0.1) is 0 Å². The van der Waals surface area contributed by atoms with Crippen molar-refractivity contribution in [2.24, 2.45) is 0 Å². The Labute approximate surface area is 254 Å². The number of ether oxygens (including phenoxy) is 1. The molecule has 3 rings (SSSR count). The van der Waals surface area contributed by atoms with Crippen LogP contribution in [-0.2, 0) is 14.3 Å². The van der Waals surface area contributed by atoms with Gasteiger partial charge >= 0.3 is 6.09 Å². The van der Waals surface area contributed by atoms with Crippen molar-refractivity contribution in [2.75, 3.05) is 17.3 Å². The fraction of sp³-hybridized carbons (Fsp3) is 0.382. The molecule has 42 heavy (non-hydrogen) atoms. The van der Waals surface area contributed by atoms with E-state index in [1.165, 1.54) is 0 Å². The monoisotopic (exact) mass is 589 g/mol. The van der Waals surface area contributed by atoms with E-state index in [0.717, 1.165) is 16.3 Å². The van der Waals surface area contributed by atoms with Gasteiger partial charge in [-0.1, -0.05) is 61.2 Å². The van der Waals surface area contributed by atoms with Gasteiger partial charge in [0.15, 0.2) is 0 Å². The van der Waals surface area contributed by atoms with Crippen LogP contribution in [0.2, 0.25) is 0 Å². The Bertz CT molecular complexity index is 1420. The number of hydrogen-bond acceptors (Lipinski definition) is 5. The van der Waals surface area contributed by atoms with E-state index in [9.17, 15) is 14.4 Å². The first-order valence-electron chi connectivity index (χ1n) is 14.1. The number of nitrogens with zero attached hydrogens (tertiary/aromatic N) is 1. The molecule has 2 unspecified atom stereocenters. The Kier molecular flexibility index (Phi) is 10.9. The van der Waals surface area contributed by atoms with Crippen LogP contribution in [-0.4, -0.2) is 52.0 Å². The van der Waals surface area contributed by atoms with Crippen LogP contribution in [0.25, 0.3) is 16.8 Å². The van der Waals surface area contributed by atoms with Crippen molar-refractivity contribution in [3.05, 3.63) is 84.4 Å². The molecular weight excluding hydrogens is 546 g/mol. The molecule has 2 atom stereocenters. The molecule has 0 aliphatic heterocycles. The Balaban J connectivity index is 2.08. The van der Waals surface area contributed by atoms with Crippen LogP contribution in [0.5, 0.6) is 0 Å². The van der Waals surface area contributed by atoms with Crippen molar-refractivity contribution < 1.29 is 19.1 Å². The van der Waals surface area contributed by atoms with Gasteiger partial charge in [-0.25, -0.2) is 4.79 Å². The van der Waals surface area contributed by atoms with Crippen molar-refractivity contribution in [3.63, 3.8) is 0 Å². The highest BCUT2D eigenvalue weighted by atomic mass is 32.2. The number of rotatable bonds is 10. The molecule has 3 aromatic carbocycles. The van der Waals surface area contributed by atoms with E-state index in [2.05, 4.69) is 17.2 Å². The molecule has 0 fully saturated rings. The highest BCUT2D eigenvalue weighted by molar-refractivity contribution is 7.98. The number of carbonyl (C=O) groups excluding carboxylic acids is 3. The van der Waals surface area contributed by atoms with Gasteiger partial charge in [-0.15, -0.1) is 0 Å². The maximum atomic E-state index is 14.4. The highest BCUT2D eigenvalue weighted by Gasteiger charge is 2.42. The third kappa shape index (κ3) is 8.86. The van der Waals surface area contributed by atoms with E-state index in [1.54, 1.807) is 43.5 Å². The molecule has 0 bridgehead atoms. The minimum absolute atomic E-state index is 0.365. The maximum Gasteiger partial charge on any atom is 0.408 e. The molecular formula is C34H43N3O4S. The molecule has 0 aliphatic carbocycles. The number of fused-ring (bicyclic) bond motifs is 1.